The van der Waals surface area contributed by atoms with Crippen molar-refractivity contribution in [3.8, 4) is 0 Å². The SMILES string of the molecule is O=C(NCC(C(=O)N1CCOCC1)C1CCCCC1)OCCCC(=O)c1noc(C(F)(F)F)n1. The zero-order valence-corrected chi connectivity index (χ0v) is 18.8. The first-order valence-corrected chi connectivity index (χ1v) is 11.5. The number of rotatable bonds is 9. The summed E-state index contributed by atoms with van der Waals surface area (Å²) >= 11 is 0. The van der Waals surface area contributed by atoms with E-state index in [4.69, 9.17) is 9.47 Å². The van der Waals surface area contributed by atoms with E-state index in [-0.39, 0.29) is 43.7 Å². The van der Waals surface area contributed by atoms with E-state index < -0.39 is 29.8 Å². The van der Waals surface area contributed by atoms with Crippen molar-refractivity contribution in [2.24, 2.45) is 11.8 Å². The Labute approximate surface area is 194 Å². The number of nitrogens with zero attached hydrogens (tertiary/aromatic N) is 3. The van der Waals surface area contributed by atoms with Gasteiger partial charge in [-0.15, -0.1) is 0 Å². The van der Waals surface area contributed by atoms with E-state index in [0.29, 0.717) is 26.3 Å². The van der Waals surface area contributed by atoms with Gasteiger partial charge in [0.15, 0.2) is 0 Å². The number of carbonyl (C=O) groups excluding carboxylic acids is 3. The van der Waals surface area contributed by atoms with Crippen LogP contribution in [0, 0.1) is 11.8 Å². The van der Waals surface area contributed by atoms with Gasteiger partial charge in [0.05, 0.1) is 25.7 Å². The topological polar surface area (TPSA) is 124 Å². The largest absolute Gasteiger partial charge is 0.471 e. The number of Topliss-reactive ketones (excluding diaryl/α,β-unsaturated/α-hetero) is 1. The van der Waals surface area contributed by atoms with Gasteiger partial charge in [0.25, 0.3) is 0 Å². The van der Waals surface area contributed by atoms with Gasteiger partial charge in [-0.1, -0.05) is 24.4 Å². The first-order valence-electron chi connectivity index (χ1n) is 11.5. The lowest BCUT2D eigenvalue weighted by Crippen LogP contribution is -2.49. The van der Waals surface area contributed by atoms with Crippen molar-refractivity contribution >= 4 is 17.8 Å². The summed E-state index contributed by atoms with van der Waals surface area (Å²) in [5, 5.41) is 5.68. The lowest BCUT2D eigenvalue weighted by Gasteiger charge is -2.35. The average molecular weight is 490 g/mol. The molecule has 2 amide bonds. The van der Waals surface area contributed by atoms with Crippen LogP contribution in [0.5, 0.6) is 0 Å². The highest BCUT2D eigenvalue weighted by Crippen LogP contribution is 2.31. The van der Waals surface area contributed by atoms with Gasteiger partial charge < -0.3 is 24.2 Å². The van der Waals surface area contributed by atoms with Gasteiger partial charge in [-0.3, -0.25) is 9.59 Å². The van der Waals surface area contributed by atoms with Gasteiger partial charge in [0.1, 0.15) is 0 Å². The molecule has 1 unspecified atom stereocenters. The smallest absolute Gasteiger partial charge is 0.450 e. The van der Waals surface area contributed by atoms with E-state index in [1.807, 2.05) is 0 Å². The highest BCUT2D eigenvalue weighted by molar-refractivity contribution is 5.92. The Kier molecular flexibility index (Phi) is 9.25. The molecule has 1 saturated carbocycles. The Morgan fingerprint density at radius 3 is 2.50 bits per heavy atom. The van der Waals surface area contributed by atoms with Gasteiger partial charge in [0.2, 0.25) is 17.5 Å². The van der Waals surface area contributed by atoms with Gasteiger partial charge in [-0.25, -0.2) is 4.79 Å². The maximum Gasteiger partial charge on any atom is 0.471 e. The molecule has 1 aromatic rings. The van der Waals surface area contributed by atoms with Crippen LogP contribution in [0.15, 0.2) is 4.52 Å². The summed E-state index contributed by atoms with van der Waals surface area (Å²) in [7, 11) is 0. The lowest BCUT2D eigenvalue weighted by atomic mass is 9.79. The summed E-state index contributed by atoms with van der Waals surface area (Å²) in [6, 6.07) is 0. The minimum absolute atomic E-state index is 0.0134. The summed E-state index contributed by atoms with van der Waals surface area (Å²) in [6.07, 6.45) is -0.567. The third kappa shape index (κ3) is 7.40. The number of ether oxygens (including phenoxy) is 2. The van der Waals surface area contributed by atoms with Crippen molar-refractivity contribution in [1.82, 2.24) is 20.4 Å². The number of alkyl carbamates (subject to hydrolysis) is 1. The number of aromatic nitrogens is 2. The average Bonchev–Trinajstić information content (AvgIpc) is 3.34. The second-order valence-electron chi connectivity index (χ2n) is 8.41. The molecule has 1 aliphatic heterocycles. The summed E-state index contributed by atoms with van der Waals surface area (Å²) in [5.41, 5.74) is 0. The third-order valence-corrected chi connectivity index (χ3v) is 6.02. The first kappa shape index (κ1) is 25.9. The lowest BCUT2D eigenvalue weighted by molar-refractivity contribution is -0.159. The number of hydrogen-bond donors (Lipinski definition) is 1. The van der Waals surface area contributed by atoms with Crippen LogP contribution in [0.3, 0.4) is 0 Å². The zero-order valence-electron chi connectivity index (χ0n) is 18.8. The van der Waals surface area contributed by atoms with Crippen LogP contribution in [0.4, 0.5) is 18.0 Å². The van der Waals surface area contributed by atoms with Gasteiger partial charge in [-0.2, -0.15) is 18.2 Å². The minimum Gasteiger partial charge on any atom is -0.450 e. The maximum atomic E-state index is 13.1. The normalized spacial score (nSPS) is 18.4. The van der Waals surface area contributed by atoms with Crippen LogP contribution in [0.1, 0.15) is 61.5 Å². The molecule has 190 valence electrons. The Balaban J connectivity index is 1.42. The summed E-state index contributed by atoms with van der Waals surface area (Å²) in [6.45, 7) is 2.09. The maximum absolute atomic E-state index is 13.1. The highest BCUT2D eigenvalue weighted by Gasteiger charge is 2.39. The Hall–Kier alpha value is -2.70. The van der Waals surface area contributed by atoms with Crippen LogP contribution >= 0.6 is 0 Å². The molecule has 10 nitrogen and oxygen atoms in total. The predicted molar refractivity (Wildman–Crippen MR) is 110 cm³/mol. The molecule has 0 bridgehead atoms. The fourth-order valence-corrected chi connectivity index (χ4v) is 4.22. The van der Waals surface area contributed by atoms with E-state index in [1.54, 1.807) is 4.90 Å². The van der Waals surface area contributed by atoms with Gasteiger partial charge in [0, 0.05) is 26.1 Å². The van der Waals surface area contributed by atoms with Crippen LogP contribution in [0.25, 0.3) is 0 Å². The van der Waals surface area contributed by atoms with E-state index in [0.717, 1.165) is 32.1 Å². The number of nitrogens with one attached hydrogen (secondary N) is 1. The van der Waals surface area contributed by atoms with Crippen LogP contribution in [-0.4, -0.2) is 72.3 Å². The molecule has 1 atom stereocenters. The molecule has 2 heterocycles. The Morgan fingerprint density at radius 2 is 1.85 bits per heavy atom. The van der Waals surface area contributed by atoms with E-state index in [2.05, 4.69) is 20.0 Å². The molecule has 0 spiro atoms. The molecule has 3 rings (SSSR count). The van der Waals surface area contributed by atoms with Crippen LogP contribution < -0.4 is 5.32 Å². The molecular weight excluding hydrogens is 461 g/mol. The molecule has 0 aromatic carbocycles. The molecule has 34 heavy (non-hydrogen) atoms. The van der Waals surface area contributed by atoms with E-state index in [1.165, 1.54) is 0 Å². The number of ketones is 1. The third-order valence-electron chi connectivity index (χ3n) is 6.02. The van der Waals surface area contributed by atoms with Crippen LogP contribution in [0.2, 0.25) is 0 Å². The van der Waals surface area contributed by atoms with Crippen molar-refractivity contribution in [1.29, 1.82) is 0 Å². The Bertz CT molecular complexity index is 835. The van der Waals surface area contributed by atoms with Gasteiger partial charge in [-0.05, 0) is 25.2 Å². The molecule has 1 saturated heterocycles. The number of morpholine rings is 1. The van der Waals surface area contributed by atoms with Crippen molar-refractivity contribution in [3.05, 3.63) is 11.7 Å². The fraction of sp³-hybridized carbons (Fsp3) is 0.762. The van der Waals surface area contributed by atoms with Crippen molar-refractivity contribution in [3.63, 3.8) is 0 Å². The van der Waals surface area contributed by atoms with E-state index >= 15 is 0 Å². The molecule has 1 aromatic heterocycles. The second kappa shape index (κ2) is 12.1. The monoisotopic (exact) mass is 490 g/mol. The molecule has 2 fully saturated rings. The predicted octanol–water partition coefficient (Wildman–Crippen LogP) is 2.83. The molecule has 0 radical (unpaired) electrons. The standard InChI is InChI=1S/C21H29F3N4O6/c22-21(23,24)19-26-17(27-34-19)16(29)7-4-10-33-20(31)25-13-15(14-5-2-1-3-6-14)18(30)28-8-11-32-12-9-28/h14-15H,1-13H2,(H,25,31). The van der Waals surface area contributed by atoms with Crippen molar-refractivity contribution in [2.75, 3.05) is 39.5 Å². The minimum atomic E-state index is -4.83. The number of amides is 2. The molecule has 2 aliphatic rings. The Morgan fingerprint density at radius 1 is 1.15 bits per heavy atom. The van der Waals surface area contributed by atoms with Gasteiger partial charge >= 0.3 is 18.2 Å². The number of alkyl halides is 3. The van der Waals surface area contributed by atoms with Crippen molar-refractivity contribution in [2.45, 2.75) is 51.1 Å². The molecular formula is C21H29F3N4O6. The highest BCUT2D eigenvalue weighted by atomic mass is 19.4. The molecule has 1 aliphatic carbocycles. The summed E-state index contributed by atoms with van der Waals surface area (Å²) < 4.78 is 51.8. The first-order chi connectivity index (χ1) is 16.3. The van der Waals surface area contributed by atoms with E-state index in [9.17, 15) is 27.6 Å². The number of hydrogen-bond acceptors (Lipinski definition) is 8. The quantitative estimate of drug-likeness (QED) is 0.414. The number of halogens is 3. The molecule has 13 heteroatoms. The fourth-order valence-electron chi connectivity index (χ4n) is 4.22. The van der Waals surface area contributed by atoms with Crippen LogP contribution in [-0.2, 0) is 20.4 Å². The molecule has 1 N–H and O–H groups in total. The number of carbonyl (C=O) groups is 3. The summed E-state index contributed by atoms with van der Waals surface area (Å²) in [5.74, 6) is -3.15. The zero-order chi connectivity index (χ0) is 24.6. The second-order valence-corrected chi connectivity index (χ2v) is 8.41. The van der Waals surface area contributed by atoms with Crippen molar-refractivity contribution < 1.29 is 41.6 Å². The summed E-state index contributed by atoms with van der Waals surface area (Å²) in [4.78, 5) is 41.9.